The molecule has 110 valence electrons. The van der Waals surface area contributed by atoms with Gasteiger partial charge in [-0.25, -0.2) is 4.98 Å². The van der Waals surface area contributed by atoms with Gasteiger partial charge in [0.1, 0.15) is 10.5 Å². The van der Waals surface area contributed by atoms with Crippen LogP contribution in [0.4, 0.5) is 0 Å². The van der Waals surface area contributed by atoms with E-state index in [1.54, 1.807) is 11.8 Å². The van der Waals surface area contributed by atoms with E-state index >= 15 is 0 Å². The molecule has 1 aromatic heterocycles. The van der Waals surface area contributed by atoms with Crippen LogP contribution in [-0.2, 0) is 0 Å². The molecule has 5 heteroatoms. The van der Waals surface area contributed by atoms with Crippen LogP contribution >= 0.6 is 39.9 Å². The highest BCUT2D eigenvalue weighted by Crippen LogP contribution is 2.37. The van der Waals surface area contributed by atoms with Gasteiger partial charge in [0, 0.05) is 22.1 Å². The molecule has 2 nitrogen and oxygen atoms in total. The van der Waals surface area contributed by atoms with Crippen LogP contribution in [0.1, 0.15) is 37.3 Å². The van der Waals surface area contributed by atoms with Crippen molar-refractivity contribution in [3.63, 3.8) is 0 Å². The fourth-order valence-corrected chi connectivity index (χ4v) is 3.98. The second-order valence-corrected chi connectivity index (χ2v) is 7.39. The third-order valence-electron chi connectivity index (χ3n) is 4.02. The van der Waals surface area contributed by atoms with Crippen molar-refractivity contribution >= 4 is 39.9 Å². The normalized spacial score (nSPS) is 15.5. The molecule has 0 aliphatic heterocycles. The van der Waals surface area contributed by atoms with Gasteiger partial charge in [0.15, 0.2) is 0 Å². The summed E-state index contributed by atoms with van der Waals surface area (Å²) >= 11 is 10.8. The molecular weight excluding hydrogens is 364 g/mol. The fourth-order valence-electron chi connectivity index (χ4n) is 2.86. The van der Waals surface area contributed by atoms with Crippen molar-refractivity contribution in [2.75, 3.05) is 6.26 Å². The van der Waals surface area contributed by atoms with Crippen LogP contribution in [0.25, 0.3) is 11.4 Å². The number of benzene rings is 1. The smallest absolute Gasteiger partial charge is 0.144 e. The van der Waals surface area contributed by atoms with Crippen molar-refractivity contribution in [3.05, 3.63) is 39.1 Å². The molecule has 1 N–H and O–H groups in total. The molecule has 21 heavy (non-hydrogen) atoms. The molecular formula is C16H17BrN2S2. The molecule has 0 atom stereocenters. The van der Waals surface area contributed by atoms with Gasteiger partial charge in [-0.05, 0) is 47.2 Å². The molecule has 1 fully saturated rings. The Morgan fingerprint density at radius 1 is 1.24 bits per heavy atom. The van der Waals surface area contributed by atoms with Gasteiger partial charge in [0.25, 0.3) is 0 Å². The lowest BCUT2D eigenvalue weighted by atomic mass is 10.0. The van der Waals surface area contributed by atoms with E-state index < -0.39 is 0 Å². The number of rotatable bonds is 3. The van der Waals surface area contributed by atoms with E-state index in [1.807, 2.05) is 0 Å². The third-order valence-corrected chi connectivity index (χ3v) is 6.12. The number of aromatic amines is 1. The molecule has 0 saturated heterocycles. The summed E-state index contributed by atoms with van der Waals surface area (Å²) in [7, 11) is 0. The summed E-state index contributed by atoms with van der Waals surface area (Å²) in [6.07, 6.45) is 7.16. The highest BCUT2D eigenvalue weighted by atomic mass is 79.9. The number of thioether (sulfide) groups is 1. The van der Waals surface area contributed by atoms with Crippen LogP contribution < -0.4 is 0 Å². The van der Waals surface area contributed by atoms with Crippen molar-refractivity contribution in [1.29, 1.82) is 0 Å². The van der Waals surface area contributed by atoms with Crippen molar-refractivity contribution in [1.82, 2.24) is 9.97 Å². The number of hydrogen-bond acceptors (Lipinski definition) is 3. The van der Waals surface area contributed by atoms with Crippen LogP contribution in [0.5, 0.6) is 0 Å². The van der Waals surface area contributed by atoms with Crippen LogP contribution in [0.2, 0.25) is 0 Å². The predicted molar refractivity (Wildman–Crippen MR) is 95.5 cm³/mol. The van der Waals surface area contributed by atoms with Gasteiger partial charge in [0.2, 0.25) is 0 Å². The molecule has 1 saturated carbocycles. The second-order valence-electron chi connectivity index (χ2n) is 5.33. The monoisotopic (exact) mass is 380 g/mol. The number of H-pyrrole nitrogens is 1. The summed E-state index contributed by atoms with van der Waals surface area (Å²) in [5.74, 6) is 1.45. The Morgan fingerprint density at radius 3 is 2.52 bits per heavy atom. The Balaban J connectivity index is 2.03. The van der Waals surface area contributed by atoms with Gasteiger partial charge in [0.05, 0.1) is 4.47 Å². The van der Waals surface area contributed by atoms with Gasteiger partial charge >= 0.3 is 0 Å². The number of halogens is 1. The first-order valence-corrected chi connectivity index (χ1v) is 9.56. The third kappa shape index (κ3) is 3.25. The zero-order chi connectivity index (χ0) is 14.8. The molecule has 1 aromatic carbocycles. The van der Waals surface area contributed by atoms with Crippen LogP contribution in [0, 0.1) is 4.64 Å². The Morgan fingerprint density at radius 2 is 1.90 bits per heavy atom. The van der Waals surface area contributed by atoms with Crippen molar-refractivity contribution in [2.24, 2.45) is 0 Å². The highest BCUT2D eigenvalue weighted by Gasteiger charge is 2.21. The Bertz CT molecular complexity index is 688. The lowest BCUT2D eigenvalue weighted by Gasteiger charge is -2.14. The fraction of sp³-hybridized carbons (Fsp3) is 0.375. The van der Waals surface area contributed by atoms with Gasteiger partial charge in [-0.2, -0.15) is 0 Å². The summed E-state index contributed by atoms with van der Waals surface area (Å²) in [6, 6.07) is 8.45. The number of nitrogens with one attached hydrogen (secondary N) is 1. The van der Waals surface area contributed by atoms with Crippen molar-refractivity contribution < 1.29 is 0 Å². The number of hydrogen-bond donors (Lipinski definition) is 1. The summed E-state index contributed by atoms with van der Waals surface area (Å²) in [6.45, 7) is 0. The second kappa shape index (κ2) is 6.63. The van der Waals surface area contributed by atoms with Gasteiger partial charge in [-0.15, -0.1) is 11.8 Å². The summed E-state index contributed by atoms with van der Waals surface area (Å²) < 4.78 is 1.62. The zero-order valence-electron chi connectivity index (χ0n) is 11.9. The summed E-state index contributed by atoms with van der Waals surface area (Å²) in [5.41, 5.74) is 2.31. The first-order chi connectivity index (χ1) is 10.2. The van der Waals surface area contributed by atoms with Crippen LogP contribution in [0.3, 0.4) is 0 Å². The Kier molecular flexibility index (Phi) is 4.82. The van der Waals surface area contributed by atoms with E-state index in [1.165, 1.54) is 36.3 Å². The minimum absolute atomic E-state index is 0.577. The van der Waals surface area contributed by atoms with Crippen LogP contribution in [-0.4, -0.2) is 16.2 Å². The standard InChI is InChI=1S/C16H17BrN2S2/c1-21-12-8-6-11(7-9-12)15-18-14(10-4-2-3-5-10)13(17)16(20)19-15/h6-10H,2-5H2,1H3,(H,18,19,20). The Hall–Kier alpha value is -0.650. The highest BCUT2D eigenvalue weighted by molar-refractivity contribution is 9.10. The molecule has 0 radical (unpaired) electrons. The average Bonchev–Trinajstić information content (AvgIpc) is 3.04. The molecule has 0 spiro atoms. The van der Waals surface area contributed by atoms with Gasteiger partial charge < -0.3 is 4.98 Å². The van der Waals surface area contributed by atoms with E-state index in [2.05, 4.69) is 56.4 Å². The van der Waals surface area contributed by atoms with Crippen LogP contribution in [0.15, 0.2) is 33.6 Å². The Labute approximate surface area is 142 Å². The van der Waals surface area contributed by atoms with Crippen molar-refractivity contribution in [2.45, 2.75) is 36.5 Å². The first-order valence-electron chi connectivity index (χ1n) is 7.13. The van der Waals surface area contributed by atoms with Gasteiger partial charge in [-0.1, -0.05) is 37.2 Å². The maximum absolute atomic E-state index is 5.43. The quantitative estimate of drug-likeness (QED) is 0.526. The number of aromatic nitrogens is 2. The summed E-state index contributed by atoms with van der Waals surface area (Å²) in [4.78, 5) is 9.31. The molecule has 1 aliphatic carbocycles. The minimum atomic E-state index is 0.577. The van der Waals surface area contributed by atoms with E-state index in [4.69, 9.17) is 12.2 Å². The minimum Gasteiger partial charge on any atom is -0.342 e. The van der Waals surface area contributed by atoms with E-state index in [0.717, 1.165) is 15.9 Å². The molecule has 0 unspecified atom stereocenters. The molecule has 1 heterocycles. The summed E-state index contributed by atoms with van der Waals surface area (Å²) in [5, 5.41) is 0. The zero-order valence-corrected chi connectivity index (χ0v) is 15.1. The lowest BCUT2D eigenvalue weighted by Crippen LogP contribution is -2.02. The molecule has 2 aromatic rings. The first kappa shape index (κ1) is 15.3. The largest absolute Gasteiger partial charge is 0.342 e. The van der Waals surface area contributed by atoms with E-state index in [-0.39, 0.29) is 0 Å². The van der Waals surface area contributed by atoms with E-state index in [9.17, 15) is 0 Å². The maximum atomic E-state index is 5.43. The molecule has 1 aliphatic rings. The lowest BCUT2D eigenvalue weighted by molar-refractivity contribution is 0.690. The predicted octanol–water partition coefficient (Wildman–Crippen LogP) is 5.95. The SMILES string of the molecule is CSc1ccc(-c2nc(=S)c(Br)c(C3CCCC3)[nH]2)cc1. The average molecular weight is 381 g/mol. The van der Waals surface area contributed by atoms with Crippen molar-refractivity contribution in [3.8, 4) is 11.4 Å². The maximum Gasteiger partial charge on any atom is 0.144 e. The number of nitrogens with zero attached hydrogens (tertiary/aromatic N) is 1. The molecule has 3 rings (SSSR count). The van der Waals surface area contributed by atoms with Gasteiger partial charge in [-0.3, -0.25) is 0 Å². The molecule has 0 bridgehead atoms. The van der Waals surface area contributed by atoms with E-state index in [0.29, 0.717) is 10.6 Å². The molecule has 0 amide bonds. The topological polar surface area (TPSA) is 28.7 Å².